The summed E-state index contributed by atoms with van der Waals surface area (Å²) in [5.74, 6) is -0.433. The van der Waals surface area contributed by atoms with E-state index in [9.17, 15) is 13.2 Å². The fourth-order valence-electron chi connectivity index (χ4n) is 1.89. The van der Waals surface area contributed by atoms with E-state index in [1.165, 1.54) is 0 Å². The van der Waals surface area contributed by atoms with Crippen LogP contribution in [0.25, 0.3) is 0 Å². The molecule has 0 saturated heterocycles. The van der Waals surface area contributed by atoms with Crippen LogP contribution >= 0.6 is 11.6 Å². The molecule has 2 unspecified atom stereocenters. The topological polar surface area (TPSA) is 89.3 Å². The Balaban J connectivity index is 2.46. The highest BCUT2D eigenvalue weighted by atomic mass is 35.5. The van der Waals surface area contributed by atoms with Crippen LogP contribution in [0.2, 0.25) is 5.02 Å². The monoisotopic (exact) mass is 332 g/mol. The summed E-state index contributed by atoms with van der Waals surface area (Å²) in [7, 11) is -3.11. The molecule has 2 atom stereocenters. The number of nitrogens with two attached hydrogens (primary N) is 1. The van der Waals surface area contributed by atoms with Gasteiger partial charge < -0.3 is 11.1 Å². The van der Waals surface area contributed by atoms with Gasteiger partial charge in [0.2, 0.25) is 5.91 Å². The van der Waals surface area contributed by atoms with Crippen LogP contribution < -0.4 is 11.1 Å². The van der Waals surface area contributed by atoms with Crippen molar-refractivity contribution in [2.24, 2.45) is 5.73 Å². The number of halogens is 1. The van der Waals surface area contributed by atoms with Gasteiger partial charge in [-0.1, -0.05) is 23.7 Å². The van der Waals surface area contributed by atoms with Crippen LogP contribution in [0.1, 0.15) is 18.9 Å². The van der Waals surface area contributed by atoms with Crippen molar-refractivity contribution in [2.75, 3.05) is 12.0 Å². The summed E-state index contributed by atoms with van der Waals surface area (Å²) in [5.41, 5.74) is 6.71. The molecule has 0 radical (unpaired) electrons. The summed E-state index contributed by atoms with van der Waals surface area (Å²) >= 11 is 5.90. The third-order valence-electron chi connectivity index (χ3n) is 2.96. The number of hydrogen-bond donors (Lipinski definition) is 2. The summed E-state index contributed by atoms with van der Waals surface area (Å²) in [6, 6.07) is 6.48. The Morgan fingerprint density at radius 3 is 2.67 bits per heavy atom. The summed E-state index contributed by atoms with van der Waals surface area (Å²) < 4.78 is 22.1. The molecule has 0 aliphatic carbocycles. The predicted molar refractivity (Wildman–Crippen MR) is 85.1 cm³/mol. The van der Waals surface area contributed by atoms with E-state index in [-0.39, 0.29) is 24.1 Å². The first-order valence-electron chi connectivity index (χ1n) is 6.65. The number of carbonyl (C=O) groups is 1. The van der Waals surface area contributed by atoms with E-state index in [0.29, 0.717) is 11.4 Å². The zero-order valence-electron chi connectivity index (χ0n) is 12.2. The second-order valence-electron chi connectivity index (χ2n) is 5.27. The highest BCUT2D eigenvalue weighted by molar-refractivity contribution is 7.90. The molecule has 118 valence electrons. The second kappa shape index (κ2) is 7.77. The normalized spacial score (nSPS) is 14.5. The number of amides is 1. The first-order chi connectivity index (χ1) is 9.67. The van der Waals surface area contributed by atoms with Gasteiger partial charge in [-0.25, -0.2) is 8.42 Å². The van der Waals surface area contributed by atoms with Crippen molar-refractivity contribution in [1.29, 1.82) is 0 Å². The van der Waals surface area contributed by atoms with Gasteiger partial charge in [0.05, 0.1) is 11.8 Å². The van der Waals surface area contributed by atoms with Crippen molar-refractivity contribution >= 4 is 27.3 Å². The molecule has 1 amide bonds. The molecule has 0 bridgehead atoms. The van der Waals surface area contributed by atoms with Gasteiger partial charge >= 0.3 is 0 Å². The predicted octanol–water partition coefficient (Wildman–Crippen LogP) is 1.15. The molecular weight excluding hydrogens is 312 g/mol. The standard InChI is InChI=1S/C14H21ClN2O3S/c1-10(8-11-4-3-5-12(15)9-11)17-14(18)13(16)6-7-21(2,19)20/h3-5,9-10,13H,6-8,16H2,1-2H3,(H,17,18). The average Bonchev–Trinajstić information content (AvgIpc) is 2.34. The maximum Gasteiger partial charge on any atom is 0.237 e. The van der Waals surface area contributed by atoms with Crippen LogP contribution in [-0.4, -0.2) is 38.4 Å². The molecule has 1 aromatic rings. The highest BCUT2D eigenvalue weighted by Crippen LogP contribution is 2.12. The van der Waals surface area contributed by atoms with Gasteiger partial charge in [-0.05, 0) is 37.5 Å². The fourth-order valence-corrected chi connectivity index (χ4v) is 2.79. The quantitative estimate of drug-likeness (QED) is 0.783. The van der Waals surface area contributed by atoms with Gasteiger partial charge in [-0.15, -0.1) is 0 Å². The lowest BCUT2D eigenvalue weighted by atomic mass is 10.1. The molecule has 0 aliphatic rings. The van der Waals surface area contributed by atoms with Gasteiger partial charge in [0.15, 0.2) is 0 Å². The van der Waals surface area contributed by atoms with E-state index in [1.807, 2.05) is 25.1 Å². The molecule has 0 aliphatic heterocycles. The van der Waals surface area contributed by atoms with Gasteiger partial charge in [0, 0.05) is 17.3 Å². The summed E-state index contributed by atoms with van der Waals surface area (Å²) in [6.45, 7) is 1.86. The molecule has 0 saturated carbocycles. The van der Waals surface area contributed by atoms with Crippen molar-refractivity contribution in [3.8, 4) is 0 Å². The fraction of sp³-hybridized carbons (Fsp3) is 0.500. The Labute approximate surface area is 130 Å². The third kappa shape index (κ3) is 7.45. The SMILES string of the molecule is CC(Cc1cccc(Cl)c1)NC(=O)C(N)CCS(C)(=O)=O. The van der Waals surface area contributed by atoms with Crippen molar-refractivity contribution in [3.05, 3.63) is 34.9 Å². The number of rotatable bonds is 7. The van der Waals surface area contributed by atoms with Crippen LogP contribution in [0.5, 0.6) is 0 Å². The lowest BCUT2D eigenvalue weighted by Crippen LogP contribution is -2.45. The van der Waals surface area contributed by atoms with E-state index in [1.54, 1.807) is 6.07 Å². The van der Waals surface area contributed by atoms with E-state index >= 15 is 0 Å². The Morgan fingerprint density at radius 1 is 1.43 bits per heavy atom. The number of nitrogens with one attached hydrogen (secondary N) is 1. The molecule has 0 heterocycles. The smallest absolute Gasteiger partial charge is 0.237 e. The third-order valence-corrected chi connectivity index (χ3v) is 4.17. The van der Waals surface area contributed by atoms with Crippen LogP contribution in [0.3, 0.4) is 0 Å². The first-order valence-corrected chi connectivity index (χ1v) is 9.09. The highest BCUT2D eigenvalue weighted by Gasteiger charge is 2.17. The van der Waals surface area contributed by atoms with Crippen molar-refractivity contribution in [2.45, 2.75) is 31.8 Å². The molecule has 0 fully saturated rings. The lowest BCUT2D eigenvalue weighted by Gasteiger charge is -2.17. The molecular formula is C14H21ClN2O3S. The average molecular weight is 333 g/mol. The summed E-state index contributed by atoms with van der Waals surface area (Å²) in [5, 5.41) is 3.43. The number of benzene rings is 1. The van der Waals surface area contributed by atoms with Crippen LogP contribution in [0.4, 0.5) is 0 Å². The maximum atomic E-state index is 11.9. The Morgan fingerprint density at radius 2 is 2.10 bits per heavy atom. The molecule has 1 rings (SSSR count). The lowest BCUT2D eigenvalue weighted by molar-refractivity contribution is -0.122. The minimum atomic E-state index is -3.11. The Kier molecular flexibility index (Phi) is 6.64. The largest absolute Gasteiger partial charge is 0.352 e. The van der Waals surface area contributed by atoms with Gasteiger partial charge in [-0.3, -0.25) is 4.79 Å². The number of hydrogen-bond acceptors (Lipinski definition) is 4. The summed E-state index contributed by atoms with van der Waals surface area (Å²) in [4.78, 5) is 11.9. The maximum absolute atomic E-state index is 11.9. The molecule has 3 N–H and O–H groups in total. The van der Waals surface area contributed by atoms with E-state index in [2.05, 4.69) is 5.32 Å². The number of carbonyl (C=O) groups excluding carboxylic acids is 1. The van der Waals surface area contributed by atoms with E-state index < -0.39 is 15.9 Å². The first kappa shape index (κ1) is 17.9. The summed E-state index contributed by atoms with van der Waals surface area (Å²) in [6.07, 6.45) is 1.87. The molecule has 0 aromatic heterocycles. The minimum Gasteiger partial charge on any atom is -0.352 e. The Hall–Kier alpha value is -1.11. The van der Waals surface area contributed by atoms with Crippen LogP contribution in [-0.2, 0) is 21.1 Å². The number of sulfone groups is 1. The molecule has 21 heavy (non-hydrogen) atoms. The van der Waals surface area contributed by atoms with E-state index in [0.717, 1.165) is 11.8 Å². The molecule has 0 spiro atoms. The van der Waals surface area contributed by atoms with Crippen molar-refractivity contribution < 1.29 is 13.2 Å². The molecule has 1 aromatic carbocycles. The van der Waals surface area contributed by atoms with Crippen molar-refractivity contribution in [3.63, 3.8) is 0 Å². The van der Waals surface area contributed by atoms with Crippen LogP contribution in [0, 0.1) is 0 Å². The zero-order chi connectivity index (χ0) is 16.0. The van der Waals surface area contributed by atoms with Gasteiger partial charge in [-0.2, -0.15) is 0 Å². The molecule has 7 heteroatoms. The Bertz CT molecular complexity index is 590. The molecule has 5 nitrogen and oxygen atoms in total. The van der Waals surface area contributed by atoms with Crippen LogP contribution in [0.15, 0.2) is 24.3 Å². The zero-order valence-corrected chi connectivity index (χ0v) is 13.7. The van der Waals surface area contributed by atoms with E-state index in [4.69, 9.17) is 17.3 Å². The van der Waals surface area contributed by atoms with Gasteiger partial charge in [0.25, 0.3) is 0 Å². The minimum absolute atomic E-state index is 0.0930. The second-order valence-corrected chi connectivity index (χ2v) is 7.96. The van der Waals surface area contributed by atoms with Crippen molar-refractivity contribution in [1.82, 2.24) is 5.32 Å². The van der Waals surface area contributed by atoms with Gasteiger partial charge in [0.1, 0.15) is 9.84 Å².